The number of benzene rings is 1. The van der Waals surface area contributed by atoms with Gasteiger partial charge in [0, 0.05) is 0 Å². The molecule has 1 amide bonds. The molecule has 26 heavy (non-hydrogen) atoms. The number of hydrogen-bond donors (Lipinski definition) is 2. The first-order valence-electron chi connectivity index (χ1n) is 8.57. The van der Waals surface area contributed by atoms with Crippen molar-refractivity contribution in [3.05, 3.63) is 35.4 Å². The third kappa shape index (κ3) is 8.00. The van der Waals surface area contributed by atoms with Crippen LogP contribution in [0.15, 0.2) is 24.3 Å². The fourth-order valence-corrected chi connectivity index (χ4v) is 2.28. The van der Waals surface area contributed by atoms with Gasteiger partial charge in [0.15, 0.2) is 0 Å². The predicted octanol–water partition coefficient (Wildman–Crippen LogP) is 3.05. The SMILES string of the molecule is CCCc1ccccc1COC(=O)C(CC(=O)O)NC(=O)OC(C)(C)C. The Kier molecular flexibility index (Phi) is 8.09. The summed E-state index contributed by atoms with van der Waals surface area (Å²) in [6.45, 7) is 7.07. The second-order valence-corrected chi connectivity index (χ2v) is 6.92. The maximum absolute atomic E-state index is 12.3. The van der Waals surface area contributed by atoms with E-state index >= 15 is 0 Å². The molecule has 1 aromatic carbocycles. The largest absolute Gasteiger partial charge is 0.481 e. The second kappa shape index (κ2) is 9.79. The topological polar surface area (TPSA) is 102 Å². The number of ether oxygens (including phenoxy) is 2. The van der Waals surface area contributed by atoms with Crippen molar-refractivity contribution in [3.8, 4) is 0 Å². The molecule has 0 radical (unpaired) electrons. The Bertz CT molecular complexity index is 635. The third-order valence-electron chi connectivity index (χ3n) is 3.36. The fraction of sp³-hybridized carbons (Fsp3) is 0.526. The highest BCUT2D eigenvalue weighted by Gasteiger charge is 2.27. The molecule has 1 rings (SSSR count). The van der Waals surface area contributed by atoms with E-state index in [1.807, 2.05) is 24.3 Å². The Morgan fingerprint density at radius 2 is 1.77 bits per heavy atom. The van der Waals surface area contributed by atoms with Crippen LogP contribution >= 0.6 is 0 Å². The molecule has 144 valence electrons. The molecule has 2 N–H and O–H groups in total. The first-order chi connectivity index (χ1) is 12.1. The number of aliphatic carboxylic acids is 1. The van der Waals surface area contributed by atoms with E-state index in [1.54, 1.807) is 20.8 Å². The Morgan fingerprint density at radius 1 is 1.15 bits per heavy atom. The second-order valence-electron chi connectivity index (χ2n) is 6.92. The standard InChI is InChI=1S/C19H27NO6/c1-5-8-13-9-6-7-10-14(13)12-25-17(23)15(11-16(21)22)20-18(24)26-19(2,3)4/h6-7,9-10,15H,5,8,11-12H2,1-4H3,(H,20,24)(H,21,22). The zero-order chi connectivity index (χ0) is 19.7. The Balaban J connectivity index is 2.74. The van der Waals surface area contributed by atoms with Crippen LogP contribution in [0, 0.1) is 0 Å². The molecule has 0 bridgehead atoms. The number of carboxylic acid groups (broad SMARTS) is 1. The van der Waals surface area contributed by atoms with E-state index in [1.165, 1.54) is 0 Å². The number of amides is 1. The van der Waals surface area contributed by atoms with E-state index in [9.17, 15) is 14.4 Å². The lowest BCUT2D eigenvalue weighted by molar-refractivity contribution is -0.151. The molecule has 0 saturated heterocycles. The van der Waals surface area contributed by atoms with Crippen LogP contribution < -0.4 is 5.32 Å². The van der Waals surface area contributed by atoms with Gasteiger partial charge in [0.1, 0.15) is 18.2 Å². The number of carboxylic acids is 1. The van der Waals surface area contributed by atoms with Gasteiger partial charge in [-0.2, -0.15) is 0 Å². The molecule has 0 heterocycles. The van der Waals surface area contributed by atoms with Crippen molar-refractivity contribution in [1.82, 2.24) is 5.32 Å². The van der Waals surface area contributed by atoms with Gasteiger partial charge in [-0.25, -0.2) is 9.59 Å². The van der Waals surface area contributed by atoms with E-state index in [4.69, 9.17) is 14.6 Å². The molecule has 7 heteroatoms. The third-order valence-corrected chi connectivity index (χ3v) is 3.36. The van der Waals surface area contributed by atoms with E-state index in [-0.39, 0.29) is 6.61 Å². The molecule has 1 aromatic rings. The van der Waals surface area contributed by atoms with Crippen molar-refractivity contribution in [1.29, 1.82) is 0 Å². The van der Waals surface area contributed by atoms with Gasteiger partial charge >= 0.3 is 18.0 Å². The molecule has 0 aliphatic heterocycles. The highest BCUT2D eigenvalue weighted by atomic mass is 16.6. The maximum atomic E-state index is 12.3. The number of hydrogen-bond acceptors (Lipinski definition) is 5. The van der Waals surface area contributed by atoms with Gasteiger partial charge < -0.3 is 19.9 Å². The van der Waals surface area contributed by atoms with Crippen LogP contribution in [-0.4, -0.2) is 34.8 Å². The summed E-state index contributed by atoms with van der Waals surface area (Å²) in [7, 11) is 0. The highest BCUT2D eigenvalue weighted by molar-refractivity contribution is 5.85. The fourth-order valence-electron chi connectivity index (χ4n) is 2.28. The van der Waals surface area contributed by atoms with Crippen LogP contribution in [0.25, 0.3) is 0 Å². The van der Waals surface area contributed by atoms with Crippen LogP contribution in [-0.2, 0) is 32.1 Å². The van der Waals surface area contributed by atoms with Crippen LogP contribution in [0.4, 0.5) is 4.79 Å². The molecule has 1 atom stereocenters. The first kappa shape index (κ1) is 21.5. The molecule has 0 aliphatic rings. The minimum atomic E-state index is -1.32. The predicted molar refractivity (Wildman–Crippen MR) is 95.6 cm³/mol. The minimum Gasteiger partial charge on any atom is -0.481 e. The lowest BCUT2D eigenvalue weighted by Gasteiger charge is -2.22. The summed E-state index contributed by atoms with van der Waals surface area (Å²) in [5.74, 6) is -2.04. The Hall–Kier alpha value is -2.57. The van der Waals surface area contributed by atoms with Crippen molar-refractivity contribution in [3.63, 3.8) is 0 Å². The molecule has 0 aromatic heterocycles. The molecule has 0 saturated carbocycles. The average Bonchev–Trinajstić information content (AvgIpc) is 2.51. The van der Waals surface area contributed by atoms with E-state index in [0.29, 0.717) is 0 Å². The van der Waals surface area contributed by atoms with Gasteiger partial charge in [-0.3, -0.25) is 4.79 Å². The summed E-state index contributed by atoms with van der Waals surface area (Å²) in [4.78, 5) is 35.1. The summed E-state index contributed by atoms with van der Waals surface area (Å²) < 4.78 is 10.3. The highest BCUT2D eigenvalue weighted by Crippen LogP contribution is 2.13. The molecular weight excluding hydrogens is 338 g/mol. The van der Waals surface area contributed by atoms with Gasteiger partial charge in [-0.1, -0.05) is 37.6 Å². The van der Waals surface area contributed by atoms with Crippen molar-refractivity contribution in [2.24, 2.45) is 0 Å². The zero-order valence-electron chi connectivity index (χ0n) is 15.7. The normalized spacial score (nSPS) is 12.2. The lowest BCUT2D eigenvalue weighted by atomic mass is 10.0. The smallest absolute Gasteiger partial charge is 0.408 e. The Morgan fingerprint density at radius 3 is 2.31 bits per heavy atom. The van der Waals surface area contributed by atoms with E-state index in [2.05, 4.69) is 12.2 Å². The number of carbonyl (C=O) groups excluding carboxylic acids is 2. The van der Waals surface area contributed by atoms with Gasteiger partial charge in [-0.05, 0) is 38.3 Å². The summed E-state index contributed by atoms with van der Waals surface area (Å²) in [6.07, 6.45) is 0.344. The van der Waals surface area contributed by atoms with Crippen LogP contribution in [0.2, 0.25) is 0 Å². The van der Waals surface area contributed by atoms with Gasteiger partial charge in [0.25, 0.3) is 0 Å². The number of esters is 1. The Labute approximate surface area is 153 Å². The van der Waals surface area contributed by atoms with Crippen LogP contribution in [0.3, 0.4) is 0 Å². The van der Waals surface area contributed by atoms with Gasteiger partial charge in [0.2, 0.25) is 0 Å². The van der Waals surface area contributed by atoms with Gasteiger partial charge in [-0.15, -0.1) is 0 Å². The molecule has 1 unspecified atom stereocenters. The number of aryl methyl sites for hydroxylation is 1. The van der Waals surface area contributed by atoms with E-state index < -0.39 is 36.1 Å². The number of carbonyl (C=O) groups is 3. The molecule has 0 aliphatic carbocycles. The molecule has 7 nitrogen and oxygen atoms in total. The van der Waals surface area contributed by atoms with Crippen molar-refractivity contribution >= 4 is 18.0 Å². The maximum Gasteiger partial charge on any atom is 0.408 e. The first-order valence-corrected chi connectivity index (χ1v) is 8.57. The summed E-state index contributed by atoms with van der Waals surface area (Å²) in [5, 5.41) is 11.2. The van der Waals surface area contributed by atoms with Crippen LogP contribution in [0.1, 0.15) is 51.7 Å². The monoisotopic (exact) mass is 365 g/mol. The molecule has 0 fully saturated rings. The quantitative estimate of drug-likeness (QED) is 0.687. The van der Waals surface area contributed by atoms with Crippen molar-refractivity contribution in [2.45, 2.75) is 65.2 Å². The average molecular weight is 365 g/mol. The number of alkyl carbamates (subject to hydrolysis) is 1. The summed E-state index contributed by atoms with van der Waals surface area (Å²) in [6, 6.07) is 6.25. The zero-order valence-corrected chi connectivity index (χ0v) is 15.7. The molecular formula is C19H27NO6. The minimum absolute atomic E-state index is 0.0150. The van der Waals surface area contributed by atoms with E-state index in [0.717, 1.165) is 24.0 Å². The number of rotatable bonds is 8. The summed E-state index contributed by atoms with van der Waals surface area (Å²) >= 11 is 0. The van der Waals surface area contributed by atoms with Crippen molar-refractivity contribution in [2.75, 3.05) is 0 Å². The van der Waals surface area contributed by atoms with Crippen molar-refractivity contribution < 1.29 is 29.0 Å². The summed E-state index contributed by atoms with van der Waals surface area (Å²) in [5.41, 5.74) is 1.16. The molecule has 0 spiro atoms. The number of nitrogens with one attached hydrogen (secondary N) is 1. The van der Waals surface area contributed by atoms with Gasteiger partial charge in [0.05, 0.1) is 6.42 Å². The van der Waals surface area contributed by atoms with Crippen LogP contribution in [0.5, 0.6) is 0 Å². The lowest BCUT2D eigenvalue weighted by Crippen LogP contribution is -2.45.